The lowest BCUT2D eigenvalue weighted by molar-refractivity contribution is -0.385. The zero-order chi connectivity index (χ0) is 19.1. The van der Waals surface area contributed by atoms with Crippen molar-refractivity contribution >= 4 is 29.3 Å². The van der Waals surface area contributed by atoms with E-state index < -0.39 is 34.9 Å². The van der Waals surface area contributed by atoms with Gasteiger partial charge in [0.2, 0.25) is 11.8 Å². The third-order valence-electron chi connectivity index (χ3n) is 3.17. The Kier molecular flexibility index (Phi) is 6.10. The van der Waals surface area contributed by atoms with Crippen LogP contribution in [0.25, 0.3) is 6.08 Å². The monoisotopic (exact) mass is 361 g/mol. The highest BCUT2D eigenvalue weighted by Gasteiger charge is 2.10. The van der Waals surface area contributed by atoms with Crippen LogP contribution in [0.3, 0.4) is 0 Å². The number of amides is 2. The van der Waals surface area contributed by atoms with Crippen LogP contribution in [-0.2, 0) is 9.59 Å². The molecular weight excluding hydrogens is 348 g/mol. The smallest absolute Gasteiger partial charge is 0.276 e. The first-order valence-electron chi connectivity index (χ1n) is 7.31. The molecule has 2 N–H and O–H groups in total. The number of carbonyl (C=O) groups excluding carboxylic acids is 2. The summed E-state index contributed by atoms with van der Waals surface area (Å²) in [7, 11) is 0. The molecule has 0 unspecified atom stereocenters. The lowest BCUT2D eigenvalue weighted by Gasteiger charge is -2.06. The minimum Gasteiger partial charge on any atom is -0.343 e. The van der Waals surface area contributed by atoms with Crippen molar-refractivity contribution in [2.75, 3.05) is 11.9 Å². The number of carbonyl (C=O) groups is 2. The molecule has 0 radical (unpaired) electrons. The number of hydrogen-bond donors (Lipinski definition) is 2. The van der Waals surface area contributed by atoms with Gasteiger partial charge in [0.15, 0.2) is 11.6 Å². The van der Waals surface area contributed by atoms with Gasteiger partial charge in [-0.3, -0.25) is 19.7 Å². The third-order valence-corrected chi connectivity index (χ3v) is 3.17. The van der Waals surface area contributed by atoms with Crippen LogP contribution in [0.15, 0.2) is 48.5 Å². The summed E-state index contributed by atoms with van der Waals surface area (Å²) in [5, 5.41) is 15.4. The largest absolute Gasteiger partial charge is 0.343 e. The molecule has 9 heteroatoms. The van der Waals surface area contributed by atoms with Crippen molar-refractivity contribution in [1.29, 1.82) is 0 Å². The molecule has 0 spiro atoms. The normalized spacial score (nSPS) is 10.5. The summed E-state index contributed by atoms with van der Waals surface area (Å²) in [6.45, 7) is -0.418. The first-order valence-corrected chi connectivity index (χ1v) is 7.31. The fourth-order valence-corrected chi connectivity index (χ4v) is 1.97. The van der Waals surface area contributed by atoms with E-state index in [1.807, 2.05) is 0 Å². The van der Waals surface area contributed by atoms with Gasteiger partial charge in [-0.25, -0.2) is 8.78 Å². The average Bonchev–Trinajstić information content (AvgIpc) is 2.61. The molecule has 0 saturated heterocycles. The number of halogens is 2. The summed E-state index contributed by atoms with van der Waals surface area (Å²) < 4.78 is 25.8. The fourth-order valence-electron chi connectivity index (χ4n) is 1.97. The highest BCUT2D eigenvalue weighted by Crippen LogP contribution is 2.18. The Morgan fingerprint density at radius 3 is 2.54 bits per heavy atom. The molecule has 0 aromatic heterocycles. The molecule has 2 aromatic rings. The van der Waals surface area contributed by atoms with E-state index in [1.165, 1.54) is 30.3 Å². The van der Waals surface area contributed by atoms with Gasteiger partial charge in [-0.15, -0.1) is 0 Å². The molecule has 0 saturated carbocycles. The van der Waals surface area contributed by atoms with E-state index in [4.69, 9.17) is 0 Å². The topological polar surface area (TPSA) is 101 Å². The maximum Gasteiger partial charge on any atom is 0.276 e. The molecule has 0 heterocycles. The molecule has 26 heavy (non-hydrogen) atoms. The number of rotatable bonds is 6. The van der Waals surface area contributed by atoms with Gasteiger partial charge in [0.1, 0.15) is 0 Å². The molecule has 0 atom stereocenters. The van der Waals surface area contributed by atoms with E-state index in [9.17, 15) is 28.5 Å². The van der Waals surface area contributed by atoms with Crippen molar-refractivity contribution < 1.29 is 23.3 Å². The lowest BCUT2D eigenvalue weighted by Crippen LogP contribution is -2.31. The Morgan fingerprint density at radius 1 is 1.12 bits per heavy atom. The molecule has 134 valence electrons. The summed E-state index contributed by atoms with van der Waals surface area (Å²) >= 11 is 0. The maximum absolute atomic E-state index is 13.0. The minimum absolute atomic E-state index is 0.0404. The van der Waals surface area contributed by atoms with Crippen molar-refractivity contribution in [3.05, 3.63) is 75.9 Å². The standard InChI is InChI=1S/C17H13F2N3O4/c18-13-7-6-12(9-14(13)19)21-17(24)10-20-16(23)8-5-11-3-1-2-4-15(11)22(25)26/h1-9H,10H2,(H,20,23)(H,21,24)/b8-5+. The highest BCUT2D eigenvalue weighted by molar-refractivity contribution is 5.98. The number of nitrogens with zero attached hydrogens (tertiary/aromatic N) is 1. The molecule has 0 aliphatic heterocycles. The second-order valence-electron chi connectivity index (χ2n) is 5.04. The number of para-hydroxylation sites is 1. The van der Waals surface area contributed by atoms with Crippen molar-refractivity contribution in [2.24, 2.45) is 0 Å². The maximum atomic E-state index is 13.0. The van der Waals surface area contributed by atoms with Gasteiger partial charge in [-0.1, -0.05) is 12.1 Å². The van der Waals surface area contributed by atoms with E-state index >= 15 is 0 Å². The third kappa shape index (κ3) is 5.20. The molecular formula is C17H13F2N3O4. The van der Waals surface area contributed by atoms with Crippen LogP contribution in [0.4, 0.5) is 20.2 Å². The van der Waals surface area contributed by atoms with Crippen LogP contribution in [0.1, 0.15) is 5.56 Å². The summed E-state index contributed by atoms with van der Waals surface area (Å²) in [5.41, 5.74) is 0.116. The van der Waals surface area contributed by atoms with E-state index in [1.54, 1.807) is 6.07 Å². The Morgan fingerprint density at radius 2 is 1.85 bits per heavy atom. The molecule has 0 aliphatic rings. The Bertz CT molecular complexity index is 884. The second kappa shape index (κ2) is 8.47. The van der Waals surface area contributed by atoms with E-state index in [0.717, 1.165) is 18.2 Å². The Balaban J connectivity index is 1.89. The molecule has 0 bridgehead atoms. The number of hydrogen-bond acceptors (Lipinski definition) is 4. The van der Waals surface area contributed by atoms with Crippen LogP contribution < -0.4 is 10.6 Å². The molecule has 2 amide bonds. The second-order valence-corrected chi connectivity index (χ2v) is 5.04. The number of benzene rings is 2. The molecule has 2 aromatic carbocycles. The molecule has 0 fully saturated rings. The summed E-state index contributed by atoms with van der Waals surface area (Å²) in [4.78, 5) is 33.7. The highest BCUT2D eigenvalue weighted by atomic mass is 19.2. The van der Waals surface area contributed by atoms with Gasteiger partial charge in [-0.05, 0) is 24.3 Å². The first kappa shape index (κ1) is 18.7. The van der Waals surface area contributed by atoms with E-state index in [-0.39, 0.29) is 16.9 Å². The number of anilines is 1. The zero-order valence-electron chi connectivity index (χ0n) is 13.2. The quantitative estimate of drug-likeness (QED) is 0.469. The zero-order valence-corrected chi connectivity index (χ0v) is 13.2. The van der Waals surface area contributed by atoms with Gasteiger partial charge in [-0.2, -0.15) is 0 Å². The van der Waals surface area contributed by atoms with Crippen molar-refractivity contribution in [2.45, 2.75) is 0 Å². The van der Waals surface area contributed by atoms with Crippen LogP contribution in [0.5, 0.6) is 0 Å². The lowest BCUT2D eigenvalue weighted by atomic mass is 10.1. The van der Waals surface area contributed by atoms with E-state index in [0.29, 0.717) is 0 Å². The van der Waals surface area contributed by atoms with Crippen molar-refractivity contribution in [1.82, 2.24) is 5.32 Å². The fraction of sp³-hybridized carbons (Fsp3) is 0.0588. The van der Waals surface area contributed by atoms with Crippen LogP contribution in [-0.4, -0.2) is 23.3 Å². The van der Waals surface area contributed by atoms with Gasteiger partial charge in [0.05, 0.1) is 17.0 Å². The van der Waals surface area contributed by atoms with Crippen molar-refractivity contribution in [3.8, 4) is 0 Å². The first-order chi connectivity index (χ1) is 12.4. The van der Waals surface area contributed by atoms with Gasteiger partial charge < -0.3 is 10.6 Å². The number of nitrogens with one attached hydrogen (secondary N) is 2. The molecule has 7 nitrogen and oxygen atoms in total. The van der Waals surface area contributed by atoms with Gasteiger partial charge >= 0.3 is 0 Å². The predicted molar refractivity (Wildman–Crippen MR) is 90.1 cm³/mol. The van der Waals surface area contributed by atoms with Crippen LogP contribution in [0, 0.1) is 21.7 Å². The number of nitro benzene ring substituents is 1. The van der Waals surface area contributed by atoms with E-state index in [2.05, 4.69) is 10.6 Å². The van der Waals surface area contributed by atoms with Gasteiger partial charge in [0, 0.05) is 23.9 Å². The van der Waals surface area contributed by atoms with Gasteiger partial charge in [0.25, 0.3) is 5.69 Å². The Hall–Kier alpha value is -3.62. The molecule has 0 aliphatic carbocycles. The Labute approximate surface area is 146 Å². The SMILES string of the molecule is O=C(/C=C/c1ccccc1[N+](=O)[O-])NCC(=O)Nc1ccc(F)c(F)c1. The van der Waals surface area contributed by atoms with Crippen molar-refractivity contribution in [3.63, 3.8) is 0 Å². The minimum atomic E-state index is -1.11. The number of nitro groups is 1. The van der Waals surface area contributed by atoms with Crippen LogP contribution >= 0.6 is 0 Å². The average molecular weight is 361 g/mol. The van der Waals surface area contributed by atoms with Crippen LogP contribution in [0.2, 0.25) is 0 Å². The predicted octanol–water partition coefficient (Wildman–Crippen LogP) is 2.64. The summed E-state index contributed by atoms with van der Waals surface area (Å²) in [5.74, 6) is -3.46. The molecule has 2 rings (SSSR count). The summed E-state index contributed by atoms with van der Waals surface area (Å²) in [6, 6.07) is 8.69. The summed E-state index contributed by atoms with van der Waals surface area (Å²) in [6.07, 6.45) is 2.30.